The fraction of sp³-hybridized carbons (Fsp3) is 0.833. The van der Waals surface area contributed by atoms with Gasteiger partial charge < -0.3 is 17.2 Å². The Morgan fingerprint density at radius 2 is 1.48 bits per heavy atom. The van der Waals surface area contributed by atoms with Crippen LogP contribution in [0.25, 0.3) is 0 Å². The van der Waals surface area contributed by atoms with Crippen molar-refractivity contribution < 1.29 is 9.59 Å². The number of rotatable bonds is 15. The molecule has 2 amide bonds. The summed E-state index contributed by atoms with van der Waals surface area (Å²) in [6, 6.07) is -0.707. The van der Waals surface area contributed by atoms with Crippen LogP contribution in [0.3, 0.4) is 0 Å². The lowest BCUT2D eigenvalue weighted by Gasteiger charge is -2.10. The molecule has 0 unspecified atom stereocenters. The monoisotopic (exact) mass is 355 g/mol. The van der Waals surface area contributed by atoms with Crippen molar-refractivity contribution >= 4 is 17.8 Å². The van der Waals surface area contributed by atoms with E-state index in [4.69, 9.17) is 17.2 Å². The molecular weight excluding hydrogens is 318 g/mol. The van der Waals surface area contributed by atoms with Gasteiger partial charge in [0.15, 0.2) is 5.96 Å². The molecule has 0 radical (unpaired) electrons. The molecule has 0 saturated heterocycles. The number of carbonyl (C=O) groups excluding carboxylic acids is 2. The van der Waals surface area contributed by atoms with Crippen LogP contribution in [0.5, 0.6) is 0 Å². The van der Waals surface area contributed by atoms with Crippen LogP contribution in [-0.4, -0.2) is 30.4 Å². The van der Waals surface area contributed by atoms with Crippen LogP contribution in [0.15, 0.2) is 4.99 Å². The Morgan fingerprint density at radius 3 is 2.04 bits per heavy atom. The second-order valence-corrected chi connectivity index (χ2v) is 6.55. The largest absolute Gasteiger partial charge is 0.370 e. The number of nitrogens with two attached hydrogens (primary N) is 3. The van der Waals surface area contributed by atoms with Crippen LogP contribution >= 0.6 is 0 Å². The van der Waals surface area contributed by atoms with Crippen molar-refractivity contribution in [3.05, 3.63) is 0 Å². The first-order valence-corrected chi connectivity index (χ1v) is 9.62. The van der Waals surface area contributed by atoms with Gasteiger partial charge in [-0.2, -0.15) is 0 Å². The number of nitrogens with one attached hydrogen (secondary N) is 1. The van der Waals surface area contributed by atoms with Crippen molar-refractivity contribution in [3.63, 3.8) is 0 Å². The smallest absolute Gasteiger partial charge is 0.243 e. The molecule has 0 aromatic heterocycles. The molecule has 1 atom stereocenters. The molecule has 7 N–H and O–H groups in total. The van der Waals surface area contributed by atoms with Crippen molar-refractivity contribution in [2.45, 2.75) is 90.0 Å². The van der Waals surface area contributed by atoms with Crippen LogP contribution in [0.1, 0.15) is 84.0 Å². The molecule has 0 aliphatic heterocycles. The molecule has 146 valence electrons. The molecule has 25 heavy (non-hydrogen) atoms. The lowest BCUT2D eigenvalue weighted by molar-refractivity contribution is -0.131. The second kappa shape index (κ2) is 15.9. The zero-order valence-corrected chi connectivity index (χ0v) is 15.8. The number of carbonyl (C=O) groups is 2. The fourth-order valence-electron chi connectivity index (χ4n) is 2.54. The highest BCUT2D eigenvalue weighted by molar-refractivity contribution is 5.97. The van der Waals surface area contributed by atoms with Gasteiger partial charge in [-0.15, -0.1) is 0 Å². The molecule has 0 saturated carbocycles. The molecule has 0 aromatic rings. The summed E-state index contributed by atoms with van der Waals surface area (Å²) in [7, 11) is 0. The number of imide groups is 1. The number of nitrogens with zero attached hydrogens (tertiary/aromatic N) is 1. The van der Waals surface area contributed by atoms with Crippen molar-refractivity contribution in [2.24, 2.45) is 22.2 Å². The van der Waals surface area contributed by atoms with Gasteiger partial charge in [-0.05, 0) is 19.3 Å². The van der Waals surface area contributed by atoms with E-state index in [1.54, 1.807) is 0 Å². The van der Waals surface area contributed by atoms with E-state index in [1.807, 2.05) is 0 Å². The van der Waals surface area contributed by atoms with E-state index >= 15 is 0 Å². The van der Waals surface area contributed by atoms with Gasteiger partial charge in [-0.1, -0.05) is 58.3 Å². The van der Waals surface area contributed by atoms with E-state index in [2.05, 4.69) is 17.2 Å². The van der Waals surface area contributed by atoms with Gasteiger partial charge >= 0.3 is 0 Å². The van der Waals surface area contributed by atoms with Crippen molar-refractivity contribution in [2.75, 3.05) is 6.54 Å². The van der Waals surface area contributed by atoms with E-state index in [0.717, 1.165) is 19.3 Å². The molecule has 0 spiro atoms. The zero-order valence-electron chi connectivity index (χ0n) is 15.8. The summed E-state index contributed by atoms with van der Waals surface area (Å²) in [4.78, 5) is 27.4. The van der Waals surface area contributed by atoms with Crippen LogP contribution in [-0.2, 0) is 9.59 Å². The molecular formula is C18H37N5O2. The van der Waals surface area contributed by atoms with Crippen LogP contribution in [0.2, 0.25) is 0 Å². The van der Waals surface area contributed by atoms with Crippen molar-refractivity contribution in [3.8, 4) is 0 Å². The van der Waals surface area contributed by atoms with Gasteiger partial charge in [-0.3, -0.25) is 19.9 Å². The molecule has 0 heterocycles. The van der Waals surface area contributed by atoms with Crippen LogP contribution < -0.4 is 22.5 Å². The summed E-state index contributed by atoms with van der Waals surface area (Å²) in [6.45, 7) is 2.64. The van der Waals surface area contributed by atoms with Gasteiger partial charge in [0.1, 0.15) is 0 Å². The Labute approximate surface area is 152 Å². The highest BCUT2D eigenvalue weighted by Crippen LogP contribution is 2.10. The quantitative estimate of drug-likeness (QED) is 0.202. The maximum Gasteiger partial charge on any atom is 0.243 e. The van der Waals surface area contributed by atoms with Gasteiger partial charge in [0, 0.05) is 13.0 Å². The molecule has 0 aliphatic rings. The number of unbranched alkanes of at least 4 members (excludes halogenated alkanes) is 8. The molecule has 0 bridgehead atoms. The van der Waals surface area contributed by atoms with Gasteiger partial charge in [0.05, 0.1) is 6.04 Å². The summed E-state index contributed by atoms with van der Waals surface area (Å²) in [5.41, 5.74) is 16.2. The van der Waals surface area contributed by atoms with Crippen molar-refractivity contribution in [1.82, 2.24) is 5.32 Å². The highest BCUT2D eigenvalue weighted by atomic mass is 16.2. The molecule has 0 aromatic carbocycles. The predicted molar refractivity (Wildman–Crippen MR) is 103 cm³/mol. The predicted octanol–water partition coefficient (Wildman–Crippen LogP) is 1.93. The average Bonchev–Trinajstić information content (AvgIpc) is 2.56. The molecule has 0 fully saturated rings. The number of aliphatic imine (C=N–C) groups is 1. The lowest BCUT2D eigenvalue weighted by atomic mass is 10.1. The normalized spacial score (nSPS) is 11.8. The van der Waals surface area contributed by atoms with Gasteiger partial charge in [-0.25, -0.2) is 0 Å². The number of guanidine groups is 1. The number of hydrogen-bond donors (Lipinski definition) is 4. The van der Waals surface area contributed by atoms with Crippen molar-refractivity contribution in [1.29, 1.82) is 0 Å². The third-order valence-electron chi connectivity index (χ3n) is 4.07. The Bertz CT molecular complexity index is 395. The molecule has 0 aliphatic carbocycles. The Hall–Kier alpha value is -1.63. The third kappa shape index (κ3) is 15.6. The maximum absolute atomic E-state index is 11.8. The van der Waals surface area contributed by atoms with E-state index in [0.29, 0.717) is 25.8 Å². The molecule has 0 rings (SSSR count). The standard InChI is InChI=1S/C18H37N5O2/c1-2-3-4-5-6-7-8-9-10-13-16(24)23-17(25)15(19)12-11-14-22-18(20)21/h15H,2-14,19H2,1H3,(H4,20,21,22)(H,23,24,25)/t15-/m0/s1. The van der Waals surface area contributed by atoms with Crippen LogP contribution in [0.4, 0.5) is 0 Å². The summed E-state index contributed by atoms with van der Waals surface area (Å²) in [5, 5.41) is 2.37. The first-order chi connectivity index (χ1) is 12.0. The first kappa shape index (κ1) is 23.4. The first-order valence-electron chi connectivity index (χ1n) is 9.62. The summed E-state index contributed by atoms with van der Waals surface area (Å²) >= 11 is 0. The van der Waals surface area contributed by atoms with E-state index < -0.39 is 11.9 Å². The summed E-state index contributed by atoms with van der Waals surface area (Å²) in [6.07, 6.45) is 12.1. The SMILES string of the molecule is CCCCCCCCCCCC(=O)NC(=O)[C@@H](N)CCCN=C(N)N. The fourth-order valence-corrected chi connectivity index (χ4v) is 2.54. The lowest BCUT2D eigenvalue weighted by Crippen LogP contribution is -2.43. The Kier molecular flexibility index (Phi) is 14.8. The Morgan fingerprint density at radius 1 is 0.920 bits per heavy atom. The number of hydrogen-bond acceptors (Lipinski definition) is 4. The highest BCUT2D eigenvalue weighted by Gasteiger charge is 2.15. The third-order valence-corrected chi connectivity index (χ3v) is 4.07. The van der Waals surface area contributed by atoms with E-state index in [-0.39, 0.29) is 11.9 Å². The molecule has 7 heteroatoms. The average molecular weight is 356 g/mol. The van der Waals surface area contributed by atoms with E-state index in [1.165, 1.54) is 38.5 Å². The van der Waals surface area contributed by atoms with Gasteiger partial charge in [0.2, 0.25) is 11.8 Å². The minimum Gasteiger partial charge on any atom is -0.370 e. The second-order valence-electron chi connectivity index (χ2n) is 6.55. The van der Waals surface area contributed by atoms with Gasteiger partial charge in [0.25, 0.3) is 0 Å². The van der Waals surface area contributed by atoms with E-state index in [9.17, 15) is 9.59 Å². The minimum atomic E-state index is -0.707. The zero-order chi connectivity index (χ0) is 18.9. The summed E-state index contributed by atoms with van der Waals surface area (Å²) in [5.74, 6) is -0.646. The molecule has 7 nitrogen and oxygen atoms in total. The number of amides is 2. The summed E-state index contributed by atoms with van der Waals surface area (Å²) < 4.78 is 0. The maximum atomic E-state index is 11.8. The Balaban J connectivity index is 3.60. The topological polar surface area (TPSA) is 137 Å². The van der Waals surface area contributed by atoms with Crippen LogP contribution in [0, 0.1) is 0 Å². The minimum absolute atomic E-state index is 0.0224.